The molecule has 2 aromatic rings. The fourth-order valence-electron chi connectivity index (χ4n) is 3.90. The molecule has 0 saturated carbocycles. The van der Waals surface area contributed by atoms with E-state index < -0.39 is 10.0 Å². The molecule has 25 heavy (non-hydrogen) atoms. The molecule has 6 heteroatoms. The summed E-state index contributed by atoms with van der Waals surface area (Å²) in [5.41, 5.74) is 3.04. The highest BCUT2D eigenvalue weighted by Crippen LogP contribution is 2.40. The smallest absolute Gasteiger partial charge is 0.243 e. The van der Waals surface area contributed by atoms with Gasteiger partial charge in [-0.1, -0.05) is 25.5 Å². The Morgan fingerprint density at radius 3 is 2.64 bits per heavy atom. The second kappa shape index (κ2) is 6.83. The molecule has 0 N–H and O–H groups in total. The van der Waals surface area contributed by atoms with Gasteiger partial charge in [-0.3, -0.25) is 4.31 Å². The lowest BCUT2D eigenvalue weighted by Gasteiger charge is -2.23. The van der Waals surface area contributed by atoms with Crippen LogP contribution < -0.4 is 8.87 Å². The van der Waals surface area contributed by atoms with Gasteiger partial charge < -0.3 is 0 Å². The number of sulfonamides is 1. The Hall–Kier alpha value is -1.82. The number of aromatic nitrogens is 2. The summed E-state index contributed by atoms with van der Waals surface area (Å²) in [5, 5.41) is 0. The van der Waals surface area contributed by atoms with E-state index in [1.54, 1.807) is 4.31 Å². The maximum Gasteiger partial charge on any atom is 0.243 e. The SMILES string of the molecule is CCCC(Cn1cc[n+](C)c1)c1cccc2c1CS(=O)(=O)N2C(C)C. The molecule has 2 heterocycles. The Kier molecular flexibility index (Phi) is 4.91. The van der Waals surface area contributed by atoms with Crippen molar-refractivity contribution in [2.75, 3.05) is 4.31 Å². The van der Waals surface area contributed by atoms with Crippen molar-refractivity contribution in [3.8, 4) is 0 Å². The second-order valence-electron chi connectivity index (χ2n) is 7.25. The Morgan fingerprint density at radius 2 is 2.04 bits per heavy atom. The zero-order valence-electron chi connectivity index (χ0n) is 15.5. The molecule has 1 aromatic carbocycles. The summed E-state index contributed by atoms with van der Waals surface area (Å²) in [4.78, 5) is 0. The molecule has 0 spiro atoms. The van der Waals surface area contributed by atoms with Crippen molar-refractivity contribution < 1.29 is 13.0 Å². The van der Waals surface area contributed by atoms with Crippen LogP contribution in [0.1, 0.15) is 50.7 Å². The zero-order valence-corrected chi connectivity index (χ0v) is 16.3. The van der Waals surface area contributed by atoms with Gasteiger partial charge in [-0.2, -0.15) is 0 Å². The first-order valence-corrected chi connectivity index (χ1v) is 10.6. The Morgan fingerprint density at radius 1 is 1.28 bits per heavy atom. The van der Waals surface area contributed by atoms with Crippen molar-refractivity contribution in [2.45, 2.75) is 57.9 Å². The van der Waals surface area contributed by atoms with E-state index in [1.165, 1.54) is 5.56 Å². The van der Waals surface area contributed by atoms with Gasteiger partial charge in [-0.15, -0.1) is 0 Å². The minimum atomic E-state index is -3.26. The quantitative estimate of drug-likeness (QED) is 0.742. The fourth-order valence-corrected chi connectivity index (χ4v) is 5.83. The first kappa shape index (κ1) is 18.0. The van der Waals surface area contributed by atoms with Crippen molar-refractivity contribution in [2.24, 2.45) is 7.05 Å². The van der Waals surface area contributed by atoms with E-state index >= 15 is 0 Å². The van der Waals surface area contributed by atoms with E-state index in [0.717, 1.165) is 30.6 Å². The standard InChI is InChI=1S/C19H28N3O2S/c1-5-7-16(12-21-11-10-20(4)14-21)17-8-6-9-19-18(17)13-25(23,24)22(19)15(2)3/h6,8-11,14-16H,5,7,12-13H2,1-4H3/q+1. The Labute approximate surface area is 151 Å². The average molecular weight is 363 g/mol. The predicted octanol–water partition coefficient (Wildman–Crippen LogP) is 2.95. The lowest BCUT2D eigenvalue weighted by Crippen LogP contribution is -2.33. The van der Waals surface area contributed by atoms with Crippen LogP contribution in [0.4, 0.5) is 5.69 Å². The van der Waals surface area contributed by atoms with Crippen molar-refractivity contribution in [3.63, 3.8) is 0 Å². The van der Waals surface area contributed by atoms with Crippen molar-refractivity contribution >= 4 is 15.7 Å². The molecule has 3 rings (SSSR count). The molecular weight excluding hydrogens is 334 g/mol. The molecule has 0 bridgehead atoms. The molecule has 136 valence electrons. The number of imidazole rings is 1. The Bertz CT molecular complexity index is 855. The number of benzene rings is 1. The van der Waals surface area contributed by atoms with Gasteiger partial charge >= 0.3 is 0 Å². The molecule has 1 aliphatic rings. The van der Waals surface area contributed by atoms with Crippen LogP contribution in [0.15, 0.2) is 36.9 Å². The molecule has 0 fully saturated rings. The van der Waals surface area contributed by atoms with E-state index in [9.17, 15) is 8.42 Å². The monoisotopic (exact) mass is 362 g/mol. The number of hydrogen-bond acceptors (Lipinski definition) is 2. The minimum Gasteiger partial charge on any atom is -0.267 e. The van der Waals surface area contributed by atoms with Crippen molar-refractivity contribution in [1.82, 2.24) is 4.57 Å². The number of anilines is 1. The predicted molar refractivity (Wildman–Crippen MR) is 99.9 cm³/mol. The number of rotatable bonds is 6. The summed E-state index contributed by atoms with van der Waals surface area (Å²) < 4.78 is 31.1. The van der Waals surface area contributed by atoms with Crippen LogP contribution in [-0.2, 0) is 29.4 Å². The molecule has 1 unspecified atom stereocenters. The van der Waals surface area contributed by atoms with Crippen molar-refractivity contribution in [3.05, 3.63) is 48.0 Å². The van der Waals surface area contributed by atoms with E-state index in [4.69, 9.17) is 0 Å². The minimum absolute atomic E-state index is 0.0605. The maximum atomic E-state index is 12.7. The number of fused-ring (bicyclic) bond motifs is 1. The molecule has 0 radical (unpaired) electrons. The average Bonchev–Trinajstić information content (AvgIpc) is 3.05. The van der Waals surface area contributed by atoms with Crippen LogP contribution in [0, 0.1) is 0 Å². The highest BCUT2D eigenvalue weighted by molar-refractivity contribution is 7.92. The van der Waals surface area contributed by atoms with Crippen molar-refractivity contribution in [1.29, 1.82) is 0 Å². The summed E-state index contributed by atoms with van der Waals surface area (Å²) in [6, 6.07) is 6.00. The van der Waals surface area contributed by atoms with E-state index in [0.29, 0.717) is 5.92 Å². The summed E-state index contributed by atoms with van der Waals surface area (Å²) >= 11 is 0. The van der Waals surface area contributed by atoms with Crippen LogP contribution >= 0.6 is 0 Å². The van der Waals surface area contributed by atoms with Crippen LogP contribution in [0.5, 0.6) is 0 Å². The third-order valence-corrected chi connectivity index (χ3v) is 6.72. The van der Waals surface area contributed by atoms with Gasteiger partial charge in [0.05, 0.1) is 25.0 Å². The molecule has 0 aliphatic carbocycles. The van der Waals surface area contributed by atoms with Crippen LogP contribution in [0.3, 0.4) is 0 Å². The van der Waals surface area contributed by atoms with Gasteiger partial charge in [0.1, 0.15) is 12.4 Å². The first-order valence-electron chi connectivity index (χ1n) is 8.98. The largest absolute Gasteiger partial charge is 0.267 e. The fraction of sp³-hybridized carbons (Fsp3) is 0.526. The number of hydrogen-bond donors (Lipinski definition) is 0. The van der Waals surface area contributed by atoms with Gasteiger partial charge in [0.2, 0.25) is 16.4 Å². The third kappa shape index (κ3) is 3.45. The first-order chi connectivity index (χ1) is 11.8. The summed E-state index contributed by atoms with van der Waals surface area (Å²) in [5.74, 6) is 0.436. The molecule has 1 aromatic heterocycles. The molecule has 1 aliphatic heterocycles. The Balaban J connectivity index is 2.02. The molecule has 0 amide bonds. The van der Waals surface area contributed by atoms with Crippen LogP contribution in [-0.4, -0.2) is 19.0 Å². The zero-order chi connectivity index (χ0) is 18.2. The summed E-state index contributed by atoms with van der Waals surface area (Å²) in [6.45, 7) is 6.92. The van der Waals surface area contributed by atoms with Crippen LogP contribution in [0.2, 0.25) is 0 Å². The van der Waals surface area contributed by atoms with Gasteiger partial charge in [-0.25, -0.2) is 17.6 Å². The van der Waals surface area contributed by atoms with Crippen LogP contribution in [0.25, 0.3) is 0 Å². The van der Waals surface area contributed by atoms with E-state index in [1.807, 2.05) is 43.8 Å². The molecule has 1 atom stereocenters. The third-order valence-electron chi connectivity index (χ3n) is 4.85. The summed E-state index contributed by atoms with van der Waals surface area (Å²) in [6.07, 6.45) is 8.29. The van der Waals surface area contributed by atoms with E-state index in [2.05, 4.69) is 30.1 Å². The highest BCUT2D eigenvalue weighted by atomic mass is 32.2. The lowest BCUT2D eigenvalue weighted by molar-refractivity contribution is -0.671. The van der Waals surface area contributed by atoms with Gasteiger partial charge in [0.15, 0.2) is 0 Å². The number of nitrogens with zero attached hydrogens (tertiary/aromatic N) is 3. The van der Waals surface area contributed by atoms with Gasteiger partial charge in [0, 0.05) is 12.0 Å². The number of aryl methyl sites for hydroxylation is 1. The highest BCUT2D eigenvalue weighted by Gasteiger charge is 2.37. The second-order valence-corrected chi connectivity index (χ2v) is 9.10. The topological polar surface area (TPSA) is 46.2 Å². The molecule has 5 nitrogen and oxygen atoms in total. The molecular formula is C19H28N3O2S+. The maximum absolute atomic E-state index is 12.7. The van der Waals surface area contributed by atoms with Gasteiger partial charge in [-0.05, 0) is 37.5 Å². The lowest BCUT2D eigenvalue weighted by atomic mass is 9.90. The van der Waals surface area contributed by atoms with E-state index in [-0.39, 0.29) is 11.8 Å². The summed E-state index contributed by atoms with van der Waals surface area (Å²) in [7, 11) is -1.25. The van der Waals surface area contributed by atoms with Gasteiger partial charge in [0.25, 0.3) is 0 Å². The molecule has 0 saturated heterocycles. The normalized spacial score (nSPS) is 17.1.